The van der Waals surface area contributed by atoms with Crippen molar-refractivity contribution >= 4 is 11.9 Å². The van der Waals surface area contributed by atoms with Crippen LogP contribution < -0.4 is 0 Å². The van der Waals surface area contributed by atoms with Gasteiger partial charge in [0.25, 0.3) is 0 Å². The number of piperidine rings is 2. The minimum Gasteiger partial charge on any atom is -0.342 e. The molecule has 0 N–H and O–H groups in total. The Bertz CT molecular complexity index is 706. The van der Waals surface area contributed by atoms with E-state index in [0.717, 1.165) is 63.5 Å². The van der Waals surface area contributed by atoms with E-state index in [2.05, 4.69) is 10.1 Å². The maximum Gasteiger partial charge on any atom is 0.319 e. The molecule has 0 spiro atoms. The van der Waals surface area contributed by atoms with Crippen LogP contribution in [0.1, 0.15) is 56.2 Å². The number of rotatable bonds is 4. The van der Waals surface area contributed by atoms with Crippen molar-refractivity contribution in [2.75, 3.05) is 40.3 Å². The lowest BCUT2D eigenvalue weighted by atomic mass is 9.91. The Balaban J connectivity index is 1.25. The fourth-order valence-electron chi connectivity index (χ4n) is 4.36. The highest BCUT2D eigenvalue weighted by atomic mass is 16.5. The molecule has 4 rings (SSSR count). The van der Waals surface area contributed by atoms with Crippen LogP contribution in [-0.4, -0.2) is 77.1 Å². The second kappa shape index (κ2) is 8.09. The van der Waals surface area contributed by atoms with Gasteiger partial charge >= 0.3 is 6.03 Å². The average Bonchev–Trinajstić information content (AvgIpc) is 3.47. The van der Waals surface area contributed by atoms with Gasteiger partial charge < -0.3 is 19.2 Å². The van der Waals surface area contributed by atoms with Crippen LogP contribution in [0.2, 0.25) is 0 Å². The Morgan fingerprint density at radius 2 is 1.82 bits per heavy atom. The van der Waals surface area contributed by atoms with Gasteiger partial charge in [-0.1, -0.05) is 5.16 Å². The van der Waals surface area contributed by atoms with Crippen LogP contribution in [0.15, 0.2) is 4.52 Å². The summed E-state index contributed by atoms with van der Waals surface area (Å²) < 4.78 is 5.35. The lowest BCUT2D eigenvalue weighted by Gasteiger charge is -2.38. The van der Waals surface area contributed by atoms with E-state index in [1.807, 2.05) is 9.80 Å². The quantitative estimate of drug-likeness (QED) is 0.788. The van der Waals surface area contributed by atoms with Crippen LogP contribution >= 0.6 is 0 Å². The molecule has 3 aliphatic rings. The molecule has 3 amide bonds. The first-order valence-corrected chi connectivity index (χ1v) is 10.6. The molecular weight excluding hydrogens is 358 g/mol. The van der Waals surface area contributed by atoms with E-state index in [0.29, 0.717) is 18.4 Å². The van der Waals surface area contributed by atoms with E-state index in [4.69, 9.17) is 4.52 Å². The maximum atomic E-state index is 13.0. The molecule has 1 aromatic rings. The molecule has 1 aromatic heterocycles. The summed E-state index contributed by atoms with van der Waals surface area (Å²) in [6.07, 6.45) is 6.91. The molecule has 8 nitrogen and oxygen atoms in total. The van der Waals surface area contributed by atoms with Crippen LogP contribution in [0.4, 0.5) is 4.79 Å². The number of hydrogen-bond donors (Lipinski definition) is 0. The number of carbonyl (C=O) groups is 2. The molecule has 8 heteroatoms. The Kier molecular flexibility index (Phi) is 5.55. The number of nitrogens with zero attached hydrogens (tertiary/aromatic N) is 5. The number of amides is 3. The molecule has 1 aliphatic carbocycles. The van der Waals surface area contributed by atoms with Crippen molar-refractivity contribution in [1.29, 1.82) is 0 Å². The summed E-state index contributed by atoms with van der Waals surface area (Å²) in [5, 5.41) is 4.13. The van der Waals surface area contributed by atoms with Crippen molar-refractivity contribution in [3.63, 3.8) is 0 Å². The maximum absolute atomic E-state index is 13.0. The Labute approximate surface area is 166 Å². The van der Waals surface area contributed by atoms with Gasteiger partial charge in [-0.3, -0.25) is 4.79 Å². The molecule has 2 aliphatic heterocycles. The summed E-state index contributed by atoms with van der Waals surface area (Å²) in [6, 6.07) is 0.00175. The van der Waals surface area contributed by atoms with Gasteiger partial charge in [-0.05, 0) is 44.4 Å². The van der Waals surface area contributed by atoms with Gasteiger partial charge in [0.1, 0.15) is 0 Å². The largest absolute Gasteiger partial charge is 0.342 e. The highest BCUT2D eigenvalue weighted by Crippen LogP contribution is 2.39. The lowest BCUT2D eigenvalue weighted by molar-refractivity contribution is -0.138. The van der Waals surface area contributed by atoms with Crippen molar-refractivity contribution in [1.82, 2.24) is 24.8 Å². The molecular formula is C20H31N5O3. The van der Waals surface area contributed by atoms with E-state index in [-0.39, 0.29) is 17.9 Å². The van der Waals surface area contributed by atoms with Crippen LogP contribution in [0.5, 0.6) is 0 Å². The van der Waals surface area contributed by atoms with Gasteiger partial charge in [-0.2, -0.15) is 4.98 Å². The van der Waals surface area contributed by atoms with Crippen LogP contribution in [0.25, 0.3) is 0 Å². The Hall–Kier alpha value is -2.12. The van der Waals surface area contributed by atoms with E-state index in [9.17, 15) is 9.59 Å². The van der Waals surface area contributed by atoms with Gasteiger partial charge in [-0.25, -0.2) is 4.79 Å². The molecule has 0 aromatic carbocycles. The molecule has 28 heavy (non-hydrogen) atoms. The number of hydrogen-bond acceptors (Lipinski definition) is 5. The zero-order valence-electron chi connectivity index (χ0n) is 17.0. The van der Waals surface area contributed by atoms with Gasteiger partial charge in [-0.15, -0.1) is 0 Å². The topological polar surface area (TPSA) is 82.8 Å². The minimum atomic E-state index is -0.0625. The second-order valence-electron chi connectivity index (χ2n) is 8.76. The predicted molar refractivity (Wildman–Crippen MR) is 103 cm³/mol. The summed E-state index contributed by atoms with van der Waals surface area (Å²) in [4.78, 5) is 35.1. The first kappa shape index (κ1) is 19.2. The number of carbonyl (C=O) groups excluding carboxylic acids is 2. The molecule has 1 saturated carbocycles. The molecule has 154 valence electrons. The predicted octanol–water partition coefficient (Wildman–Crippen LogP) is 2.12. The highest BCUT2D eigenvalue weighted by molar-refractivity contribution is 5.81. The smallest absolute Gasteiger partial charge is 0.319 e. The number of likely N-dealkylation sites (tertiary alicyclic amines) is 2. The minimum absolute atomic E-state index is 0.00175. The average molecular weight is 390 g/mol. The summed E-state index contributed by atoms with van der Waals surface area (Å²) >= 11 is 0. The van der Waals surface area contributed by atoms with Crippen LogP contribution in [0.3, 0.4) is 0 Å². The lowest BCUT2D eigenvalue weighted by Crippen LogP contribution is -2.50. The van der Waals surface area contributed by atoms with Gasteiger partial charge in [0.15, 0.2) is 5.82 Å². The zero-order valence-corrected chi connectivity index (χ0v) is 17.0. The first-order valence-electron chi connectivity index (χ1n) is 10.6. The Morgan fingerprint density at radius 1 is 1.07 bits per heavy atom. The third-order valence-electron chi connectivity index (χ3n) is 6.23. The van der Waals surface area contributed by atoms with Crippen molar-refractivity contribution in [3.05, 3.63) is 11.7 Å². The SMILES string of the molecule is CN(C)C(=O)N1CCCC(C(=O)N2CCC(Cc3noc(C4CC4)n3)CC2)C1. The molecule has 0 bridgehead atoms. The molecule has 3 fully saturated rings. The van der Waals surface area contributed by atoms with Gasteiger partial charge in [0.05, 0.1) is 5.92 Å². The summed E-state index contributed by atoms with van der Waals surface area (Å²) in [5.41, 5.74) is 0. The van der Waals surface area contributed by atoms with Gasteiger partial charge in [0, 0.05) is 52.6 Å². The summed E-state index contributed by atoms with van der Waals surface area (Å²) in [6.45, 7) is 2.86. The first-order chi connectivity index (χ1) is 13.5. The summed E-state index contributed by atoms with van der Waals surface area (Å²) in [5.74, 6) is 2.77. The van der Waals surface area contributed by atoms with E-state index in [1.54, 1.807) is 19.0 Å². The van der Waals surface area contributed by atoms with E-state index < -0.39 is 0 Å². The van der Waals surface area contributed by atoms with Crippen LogP contribution in [-0.2, 0) is 11.2 Å². The van der Waals surface area contributed by atoms with Gasteiger partial charge in [0.2, 0.25) is 11.8 Å². The number of aromatic nitrogens is 2. The van der Waals surface area contributed by atoms with Crippen molar-refractivity contribution in [2.45, 2.75) is 50.9 Å². The normalized spacial score (nSPS) is 23.7. The fourth-order valence-corrected chi connectivity index (χ4v) is 4.36. The molecule has 3 heterocycles. The third-order valence-corrected chi connectivity index (χ3v) is 6.23. The Morgan fingerprint density at radius 3 is 2.50 bits per heavy atom. The molecule has 0 radical (unpaired) electrons. The molecule has 1 unspecified atom stereocenters. The fraction of sp³-hybridized carbons (Fsp3) is 0.800. The molecule has 1 atom stereocenters. The van der Waals surface area contributed by atoms with Crippen molar-refractivity contribution < 1.29 is 14.1 Å². The summed E-state index contributed by atoms with van der Waals surface area (Å²) in [7, 11) is 3.52. The monoisotopic (exact) mass is 389 g/mol. The molecule has 2 saturated heterocycles. The van der Waals surface area contributed by atoms with Crippen LogP contribution in [0, 0.1) is 11.8 Å². The van der Waals surface area contributed by atoms with Crippen molar-refractivity contribution in [3.8, 4) is 0 Å². The highest BCUT2D eigenvalue weighted by Gasteiger charge is 2.34. The van der Waals surface area contributed by atoms with Crippen molar-refractivity contribution in [2.24, 2.45) is 11.8 Å². The second-order valence-corrected chi connectivity index (χ2v) is 8.76. The zero-order chi connectivity index (χ0) is 19.7. The van der Waals surface area contributed by atoms with E-state index >= 15 is 0 Å². The number of urea groups is 1. The van der Waals surface area contributed by atoms with E-state index in [1.165, 1.54) is 12.8 Å². The standard InChI is InChI=1S/C20H31N5O3/c1-23(2)20(27)25-9-3-4-16(13-25)19(26)24-10-7-14(8-11-24)12-17-21-18(28-22-17)15-5-6-15/h14-16H,3-13H2,1-2H3. The third kappa shape index (κ3) is 4.31.